The fourth-order valence-corrected chi connectivity index (χ4v) is 2.46. The molecule has 3 N–H and O–H groups in total. The lowest BCUT2D eigenvalue weighted by molar-refractivity contribution is -0.0331. The average Bonchev–Trinajstić information content (AvgIpc) is 2.87. The number of anilines is 1. The summed E-state index contributed by atoms with van der Waals surface area (Å²) >= 11 is 5.81. The van der Waals surface area contributed by atoms with Crippen molar-refractivity contribution in [1.82, 2.24) is 10.3 Å². The molecule has 2 heterocycles. The van der Waals surface area contributed by atoms with Crippen LogP contribution in [0.5, 0.6) is 0 Å². The van der Waals surface area contributed by atoms with Crippen molar-refractivity contribution in [3.63, 3.8) is 0 Å². The van der Waals surface area contributed by atoms with Crippen LogP contribution in [-0.2, 0) is 4.74 Å². The summed E-state index contributed by atoms with van der Waals surface area (Å²) < 4.78 is 45.8. The number of aliphatic hydroxyl groups is 1. The molecule has 0 spiro atoms. The third kappa shape index (κ3) is 5.21. The number of rotatable bonds is 7. The predicted octanol–water partition coefficient (Wildman–Crippen LogP) is 2.27. The van der Waals surface area contributed by atoms with Gasteiger partial charge in [0.2, 0.25) is 0 Å². The van der Waals surface area contributed by atoms with Gasteiger partial charge in [-0.15, -0.1) is 0 Å². The number of ether oxygens (including phenoxy) is 1. The van der Waals surface area contributed by atoms with Gasteiger partial charge in [-0.05, 0) is 19.9 Å². The number of hydrogen-bond donors (Lipinski definition) is 3. The Kier molecular flexibility index (Phi) is 6.36. The van der Waals surface area contributed by atoms with Gasteiger partial charge in [-0.3, -0.25) is 4.79 Å². The molecule has 1 aromatic rings. The van der Waals surface area contributed by atoms with E-state index in [1.807, 2.05) is 0 Å². The molecule has 0 aromatic carbocycles. The van der Waals surface area contributed by atoms with E-state index >= 15 is 0 Å². The minimum atomic E-state index is -2.96. The van der Waals surface area contributed by atoms with Crippen LogP contribution in [0.4, 0.5) is 18.9 Å². The van der Waals surface area contributed by atoms with E-state index in [1.165, 1.54) is 26.1 Å². The predicted molar refractivity (Wildman–Crippen MR) is 90.5 cm³/mol. The molecule has 0 radical (unpaired) electrons. The minimum Gasteiger partial charge on any atom is -0.387 e. The molecule has 0 aliphatic carbocycles. The standard InChI is InChI=1S/C16H21ClF3N3O3/c1-15(2,25)12(18)6-23-14(24)10-5-22-13(17)3-11(10)21-4-9-7-26-8-16(9,19)20/h3,5,9,12,25H,4,6-8H2,1-2H3,(H,21,22)(H,23,24)/t9?,12-/m1/s1. The second-order valence-corrected chi connectivity index (χ2v) is 7.13. The van der Waals surface area contributed by atoms with E-state index in [4.69, 9.17) is 16.3 Å². The van der Waals surface area contributed by atoms with Crippen LogP contribution in [0.15, 0.2) is 12.3 Å². The second-order valence-electron chi connectivity index (χ2n) is 6.74. The van der Waals surface area contributed by atoms with Crippen LogP contribution in [-0.4, -0.2) is 60.0 Å². The van der Waals surface area contributed by atoms with Crippen LogP contribution in [0, 0.1) is 5.92 Å². The molecule has 10 heteroatoms. The number of hydrogen-bond acceptors (Lipinski definition) is 5. The van der Waals surface area contributed by atoms with E-state index in [2.05, 4.69) is 15.6 Å². The highest BCUT2D eigenvalue weighted by molar-refractivity contribution is 6.29. The highest BCUT2D eigenvalue weighted by Gasteiger charge is 2.45. The molecule has 146 valence electrons. The largest absolute Gasteiger partial charge is 0.387 e. The summed E-state index contributed by atoms with van der Waals surface area (Å²) in [6, 6.07) is 1.33. The Balaban J connectivity index is 2.05. The molecule has 0 saturated carbocycles. The molecule has 1 fully saturated rings. The molecule has 26 heavy (non-hydrogen) atoms. The number of alkyl halides is 3. The zero-order chi connectivity index (χ0) is 19.5. The number of carbonyl (C=O) groups is 1. The Bertz CT molecular complexity index is 655. The number of halogens is 4. The molecule has 0 bridgehead atoms. The maximum atomic E-state index is 13.8. The highest BCUT2D eigenvalue weighted by atomic mass is 35.5. The monoisotopic (exact) mass is 395 g/mol. The zero-order valence-corrected chi connectivity index (χ0v) is 15.1. The Hall–Kier alpha value is -1.58. The van der Waals surface area contributed by atoms with Gasteiger partial charge in [0.05, 0.1) is 35.9 Å². The Morgan fingerprint density at radius 1 is 1.58 bits per heavy atom. The first-order chi connectivity index (χ1) is 12.0. The van der Waals surface area contributed by atoms with Crippen LogP contribution in [0.1, 0.15) is 24.2 Å². The summed E-state index contributed by atoms with van der Waals surface area (Å²) in [5, 5.41) is 14.7. The first-order valence-electron chi connectivity index (χ1n) is 8.00. The SMILES string of the molecule is CC(C)(O)[C@H](F)CNC(=O)c1cnc(Cl)cc1NCC1COCC1(F)F. The van der Waals surface area contributed by atoms with Gasteiger partial charge in [-0.25, -0.2) is 18.2 Å². The Labute approximate surface area is 154 Å². The Morgan fingerprint density at radius 2 is 2.27 bits per heavy atom. The molecule has 6 nitrogen and oxygen atoms in total. The first kappa shape index (κ1) is 20.7. The lowest BCUT2D eigenvalue weighted by atomic mass is 10.0. The fraction of sp³-hybridized carbons (Fsp3) is 0.625. The molecule has 1 unspecified atom stereocenters. The third-order valence-electron chi connectivity index (χ3n) is 4.07. The smallest absolute Gasteiger partial charge is 0.277 e. The van der Waals surface area contributed by atoms with Crippen LogP contribution in [0.25, 0.3) is 0 Å². The number of amides is 1. The van der Waals surface area contributed by atoms with E-state index in [9.17, 15) is 23.1 Å². The molecular formula is C16H21ClF3N3O3. The summed E-state index contributed by atoms with van der Waals surface area (Å²) in [4.78, 5) is 16.1. The molecule has 2 rings (SSSR count). The van der Waals surface area contributed by atoms with Crippen molar-refractivity contribution < 1.29 is 27.8 Å². The van der Waals surface area contributed by atoms with Crippen molar-refractivity contribution in [3.8, 4) is 0 Å². The van der Waals surface area contributed by atoms with Gasteiger partial charge in [0.25, 0.3) is 11.8 Å². The lowest BCUT2D eigenvalue weighted by Crippen LogP contribution is -2.42. The maximum absolute atomic E-state index is 13.8. The van der Waals surface area contributed by atoms with E-state index in [1.54, 1.807) is 0 Å². The summed E-state index contributed by atoms with van der Waals surface area (Å²) in [6.45, 7) is 1.27. The minimum absolute atomic E-state index is 0.0274. The van der Waals surface area contributed by atoms with Gasteiger partial charge in [0.1, 0.15) is 17.9 Å². The maximum Gasteiger partial charge on any atom is 0.277 e. The van der Waals surface area contributed by atoms with Gasteiger partial charge in [-0.2, -0.15) is 0 Å². The summed E-state index contributed by atoms with van der Waals surface area (Å²) in [5.74, 6) is -4.67. The van der Waals surface area contributed by atoms with Crippen LogP contribution >= 0.6 is 11.6 Å². The molecule has 1 amide bonds. The normalized spacial score (nSPS) is 20.7. The van der Waals surface area contributed by atoms with E-state index in [0.29, 0.717) is 0 Å². The summed E-state index contributed by atoms with van der Waals surface area (Å²) in [7, 11) is 0. The highest BCUT2D eigenvalue weighted by Crippen LogP contribution is 2.31. The van der Waals surface area contributed by atoms with Gasteiger partial charge in [0.15, 0.2) is 0 Å². The van der Waals surface area contributed by atoms with Crippen molar-refractivity contribution in [1.29, 1.82) is 0 Å². The van der Waals surface area contributed by atoms with Gasteiger partial charge in [0, 0.05) is 12.7 Å². The fourth-order valence-electron chi connectivity index (χ4n) is 2.30. The zero-order valence-electron chi connectivity index (χ0n) is 14.4. The number of carbonyl (C=O) groups excluding carboxylic acids is 1. The first-order valence-corrected chi connectivity index (χ1v) is 8.38. The molecule has 1 aliphatic heterocycles. The Morgan fingerprint density at radius 3 is 2.85 bits per heavy atom. The van der Waals surface area contributed by atoms with Crippen molar-refractivity contribution >= 4 is 23.2 Å². The summed E-state index contributed by atoms with van der Waals surface area (Å²) in [5.41, 5.74) is -1.39. The van der Waals surface area contributed by atoms with Crippen LogP contribution in [0.3, 0.4) is 0 Å². The number of nitrogens with one attached hydrogen (secondary N) is 2. The average molecular weight is 396 g/mol. The number of nitrogens with zero attached hydrogens (tertiary/aromatic N) is 1. The van der Waals surface area contributed by atoms with Crippen molar-refractivity contribution in [3.05, 3.63) is 23.0 Å². The van der Waals surface area contributed by atoms with Crippen molar-refractivity contribution in [2.24, 2.45) is 5.92 Å². The van der Waals surface area contributed by atoms with E-state index < -0.39 is 42.7 Å². The van der Waals surface area contributed by atoms with E-state index in [0.717, 1.165) is 0 Å². The molecule has 1 aromatic heterocycles. The van der Waals surface area contributed by atoms with Crippen molar-refractivity contribution in [2.75, 3.05) is 31.6 Å². The lowest BCUT2D eigenvalue weighted by Gasteiger charge is -2.23. The molecule has 1 aliphatic rings. The molecule has 2 atom stereocenters. The van der Waals surface area contributed by atoms with Crippen molar-refractivity contribution in [2.45, 2.75) is 31.5 Å². The number of aromatic nitrogens is 1. The van der Waals surface area contributed by atoms with Crippen LogP contribution < -0.4 is 10.6 Å². The van der Waals surface area contributed by atoms with Gasteiger partial charge in [-0.1, -0.05) is 11.6 Å². The molecular weight excluding hydrogens is 375 g/mol. The number of pyridine rings is 1. The van der Waals surface area contributed by atoms with Gasteiger partial charge >= 0.3 is 0 Å². The third-order valence-corrected chi connectivity index (χ3v) is 4.28. The second kappa shape index (κ2) is 7.98. The van der Waals surface area contributed by atoms with Gasteiger partial charge < -0.3 is 20.5 Å². The van der Waals surface area contributed by atoms with Crippen LogP contribution in [0.2, 0.25) is 5.15 Å². The molecule has 1 saturated heterocycles. The van der Waals surface area contributed by atoms with E-state index in [-0.39, 0.29) is 29.6 Å². The summed E-state index contributed by atoms with van der Waals surface area (Å²) in [6.07, 6.45) is -0.516. The topological polar surface area (TPSA) is 83.5 Å². The quantitative estimate of drug-likeness (QED) is 0.617.